The molecule has 0 aromatic rings. The first-order valence-corrected chi connectivity index (χ1v) is 33.0. The number of carbonyl (C=O) groups excluding carboxylic acids is 3. The van der Waals surface area contributed by atoms with Crippen molar-refractivity contribution in [2.45, 2.75) is 309 Å². The number of ether oxygens (including phenoxy) is 3. The molecule has 79 heavy (non-hydrogen) atoms. The maximum atomic E-state index is 12.9. The number of hydrogen-bond acceptors (Lipinski definition) is 6. The first-order chi connectivity index (χ1) is 39.0. The van der Waals surface area contributed by atoms with Crippen LogP contribution in [0.1, 0.15) is 303 Å². The molecule has 0 aliphatic rings. The molecule has 0 aliphatic heterocycles. The van der Waals surface area contributed by atoms with Crippen molar-refractivity contribution in [3.63, 3.8) is 0 Å². The van der Waals surface area contributed by atoms with Gasteiger partial charge < -0.3 is 14.2 Å². The van der Waals surface area contributed by atoms with Gasteiger partial charge in [0.05, 0.1) is 0 Å². The summed E-state index contributed by atoms with van der Waals surface area (Å²) < 4.78 is 16.9. The van der Waals surface area contributed by atoms with Crippen molar-refractivity contribution < 1.29 is 28.6 Å². The second-order valence-electron chi connectivity index (χ2n) is 21.6. The molecule has 0 bridgehead atoms. The van der Waals surface area contributed by atoms with Crippen molar-refractivity contribution in [2.75, 3.05) is 13.2 Å². The fourth-order valence-electron chi connectivity index (χ4n) is 8.96. The van der Waals surface area contributed by atoms with Gasteiger partial charge in [-0.2, -0.15) is 0 Å². The van der Waals surface area contributed by atoms with Crippen LogP contribution in [0.15, 0.2) is 122 Å². The molecule has 0 fully saturated rings. The van der Waals surface area contributed by atoms with E-state index in [0.29, 0.717) is 19.3 Å². The molecule has 1 unspecified atom stereocenters. The summed E-state index contributed by atoms with van der Waals surface area (Å²) in [4.78, 5) is 38.3. The van der Waals surface area contributed by atoms with E-state index in [4.69, 9.17) is 14.2 Å². The Morgan fingerprint density at radius 1 is 0.266 bits per heavy atom. The van der Waals surface area contributed by atoms with Crippen molar-refractivity contribution in [1.82, 2.24) is 0 Å². The minimum atomic E-state index is -0.794. The predicted octanol–water partition coefficient (Wildman–Crippen LogP) is 22.8. The molecule has 450 valence electrons. The van der Waals surface area contributed by atoms with Crippen LogP contribution in [-0.2, 0) is 28.6 Å². The minimum Gasteiger partial charge on any atom is -0.462 e. The van der Waals surface area contributed by atoms with Crippen LogP contribution in [0.5, 0.6) is 0 Å². The number of allylic oxidation sites excluding steroid dienone is 20. The number of esters is 3. The molecule has 0 aromatic carbocycles. The molecule has 0 aromatic heterocycles. The number of carbonyl (C=O) groups is 3. The Balaban J connectivity index is 4.33. The summed E-state index contributed by atoms with van der Waals surface area (Å²) in [7, 11) is 0. The van der Waals surface area contributed by atoms with E-state index in [9.17, 15) is 14.4 Å². The first-order valence-electron chi connectivity index (χ1n) is 33.0. The zero-order valence-corrected chi connectivity index (χ0v) is 51.6. The zero-order chi connectivity index (χ0) is 57.1. The van der Waals surface area contributed by atoms with Crippen molar-refractivity contribution in [2.24, 2.45) is 0 Å². The quantitative estimate of drug-likeness (QED) is 0.0261. The maximum absolute atomic E-state index is 12.9. The fourth-order valence-corrected chi connectivity index (χ4v) is 8.96. The van der Waals surface area contributed by atoms with Gasteiger partial charge in [0.2, 0.25) is 0 Å². The Morgan fingerprint density at radius 2 is 0.506 bits per heavy atom. The van der Waals surface area contributed by atoms with Crippen molar-refractivity contribution >= 4 is 17.9 Å². The van der Waals surface area contributed by atoms with Crippen molar-refractivity contribution in [3.05, 3.63) is 122 Å². The molecule has 6 nitrogen and oxygen atoms in total. The summed E-state index contributed by atoms with van der Waals surface area (Å²) in [5, 5.41) is 0. The van der Waals surface area contributed by atoms with Gasteiger partial charge >= 0.3 is 17.9 Å². The standard InChI is InChI=1S/C73H122O6/c1-4-7-10-13-16-19-22-25-28-30-32-33-34-35-36-37-38-39-40-41-42-44-45-48-51-54-57-60-63-66-72(75)78-69-70(68-77-71(74)65-62-59-56-53-50-47-27-24-21-18-15-12-9-6-3)79-73(76)67-64-61-58-55-52-49-46-43-31-29-26-23-20-17-14-11-8-5-2/h7,10,15-16,18-20,23-25,27-29,31-33,35-36,38-39,70H,4-6,8-9,11-14,17,21-22,26,30,34,37,40-69H2,1-3H3/b10-7-,18-15-,19-16-,23-20-,27-24-,28-25-,31-29-,33-32-,36-35-,39-38-. The topological polar surface area (TPSA) is 78.9 Å². The Morgan fingerprint density at radius 3 is 0.810 bits per heavy atom. The summed E-state index contributed by atoms with van der Waals surface area (Å²) >= 11 is 0. The molecule has 1 atom stereocenters. The summed E-state index contributed by atoms with van der Waals surface area (Å²) in [6, 6.07) is 0. The normalized spacial score (nSPS) is 12.9. The van der Waals surface area contributed by atoms with Gasteiger partial charge in [-0.1, -0.05) is 277 Å². The average molecular weight is 1100 g/mol. The Kier molecular flexibility index (Phi) is 62.8. The molecule has 6 heteroatoms. The van der Waals surface area contributed by atoms with Crippen LogP contribution in [-0.4, -0.2) is 37.2 Å². The largest absolute Gasteiger partial charge is 0.462 e. The average Bonchev–Trinajstić information content (AvgIpc) is 3.45. The van der Waals surface area contributed by atoms with E-state index in [1.807, 2.05) is 0 Å². The lowest BCUT2D eigenvalue weighted by Gasteiger charge is -2.18. The van der Waals surface area contributed by atoms with E-state index in [0.717, 1.165) is 135 Å². The van der Waals surface area contributed by atoms with Gasteiger partial charge in [0.25, 0.3) is 0 Å². The number of hydrogen-bond donors (Lipinski definition) is 0. The van der Waals surface area contributed by atoms with E-state index in [2.05, 4.69) is 142 Å². The highest BCUT2D eigenvalue weighted by atomic mass is 16.6. The molecule has 0 amide bonds. The third kappa shape index (κ3) is 64.5. The Bertz CT molecular complexity index is 1640. The van der Waals surface area contributed by atoms with Crippen LogP contribution in [0.2, 0.25) is 0 Å². The molecule has 0 heterocycles. The number of rotatable bonds is 59. The summed E-state index contributed by atoms with van der Waals surface area (Å²) in [5.41, 5.74) is 0. The van der Waals surface area contributed by atoms with Gasteiger partial charge in [-0.05, 0) is 128 Å². The lowest BCUT2D eigenvalue weighted by Crippen LogP contribution is -2.30. The lowest BCUT2D eigenvalue weighted by molar-refractivity contribution is -0.167. The highest BCUT2D eigenvalue weighted by Gasteiger charge is 2.19. The highest BCUT2D eigenvalue weighted by Crippen LogP contribution is 2.15. The molecule has 0 radical (unpaired) electrons. The molecule has 0 rings (SSSR count). The summed E-state index contributed by atoms with van der Waals surface area (Å²) in [6.45, 7) is 6.46. The molecular weight excluding hydrogens is 973 g/mol. The third-order valence-electron chi connectivity index (χ3n) is 13.9. The minimum absolute atomic E-state index is 0.0894. The maximum Gasteiger partial charge on any atom is 0.306 e. The van der Waals surface area contributed by atoms with E-state index < -0.39 is 6.10 Å². The molecule has 0 N–H and O–H groups in total. The van der Waals surface area contributed by atoms with Gasteiger partial charge in [0.15, 0.2) is 6.10 Å². The Labute approximate surface area is 488 Å². The molecular formula is C73H122O6. The fraction of sp³-hybridized carbons (Fsp3) is 0.685. The smallest absolute Gasteiger partial charge is 0.306 e. The van der Waals surface area contributed by atoms with Crippen LogP contribution in [0.25, 0.3) is 0 Å². The highest BCUT2D eigenvalue weighted by molar-refractivity contribution is 5.71. The Hall–Kier alpha value is -4.19. The first kappa shape index (κ1) is 74.8. The summed E-state index contributed by atoms with van der Waals surface area (Å²) in [5.74, 6) is -0.909. The van der Waals surface area contributed by atoms with E-state index in [-0.39, 0.29) is 31.1 Å². The van der Waals surface area contributed by atoms with Crippen molar-refractivity contribution in [3.8, 4) is 0 Å². The van der Waals surface area contributed by atoms with Gasteiger partial charge in [-0.15, -0.1) is 0 Å². The van der Waals surface area contributed by atoms with E-state index in [1.54, 1.807) is 0 Å². The third-order valence-corrected chi connectivity index (χ3v) is 13.9. The van der Waals surface area contributed by atoms with Crippen LogP contribution in [0.4, 0.5) is 0 Å². The molecule has 0 saturated carbocycles. The lowest BCUT2D eigenvalue weighted by atomic mass is 10.1. The van der Waals surface area contributed by atoms with E-state index in [1.165, 1.54) is 128 Å². The van der Waals surface area contributed by atoms with Crippen LogP contribution in [0.3, 0.4) is 0 Å². The monoisotopic (exact) mass is 1090 g/mol. The molecule has 0 saturated heterocycles. The van der Waals surface area contributed by atoms with Crippen LogP contribution < -0.4 is 0 Å². The van der Waals surface area contributed by atoms with Gasteiger partial charge in [0.1, 0.15) is 13.2 Å². The van der Waals surface area contributed by atoms with Gasteiger partial charge in [-0.3, -0.25) is 14.4 Å². The predicted molar refractivity (Wildman–Crippen MR) is 343 cm³/mol. The van der Waals surface area contributed by atoms with Crippen LogP contribution >= 0.6 is 0 Å². The van der Waals surface area contributed by atoms with E-state index >= 15 is 0 Å². The van der Waals surface area contributed by atoms with Gasteiger partial charge in [0, 0.05) is 19.3 Å². The zero-order valence-electron chi connectivity index (χ0n) is 51.6. The number of unbranched alkanes of at least 4 members (excludes halogenated alkanes) is 28. The second-order valence-corrected chi connectivity index (χ2v) is 21.6. The van der Waals surface area contributed by atoms with Crippen molar-refractivity contribution in [1.29, 1.82) is 0 Å². The second kappa shape index (κ2) is 66.3. The molecule has 0 spiro atoms. The van der Waals surface area contributed by atoms with Crippen LogP contribution in [0, 0.1) is 0 Å². The summed E-state index contributed by atoms with van der Waals surface area (Å²) in [6.07, 6.45) is 92.0. The SMILES string of the molecule is CC/C=C\C/C=C\C/C=C\C/C=C\C/C=C\C/C=C\CCCCCCCCCCCCC(=O)OCC(COC(=O)CCCCCCC/C=C\C/C=C\CCCC)OC(=O)CCCCCCCCC/C=C\C/C=C\CCCCCC. The van der Waals surface area contributed by atoms with Gasteiger partial charge in [-0.25, -0.2) is 0 Å². The molecule has 0 aliphatic carbocycles.